The number of thioether (sulfide) groups is 1. The summed E-state index contributed by atoms with van der Waals surface area (Å²) in [4.78, 5) is 11.8. The number of carbonyl (C=O) groups excluding carboxylic acids is 1. The largest absolute Gasteiger partial charge is 0.449 e. The molecule has 2 aromatic carbocycles. The average Bonchev–Trinajstić information content (AvgIpc) is 3.14. The van der Waals surface area contributed by atoms with Gasteiger partial charge in [-0.3, -0.25) is 0 Å². The summed E-state index contributed by atoms with van der Waals surface area (Å²) in [6, 6.07) is 14.1. The Balaban J connectivity index is 1.44. The second-order valence-electron chi connectivity index (χ2n) is 5.11. The van der Waals surface area contributed by atoms with E-state index in [1.165, 1.54) is 11.8 Å². The van der Waals surface area contributed by atoms with E-state index in [1.54, 1.807) is 36.4 Å². The molecule has 0 aliphatic rings. The minimum Gasteiger partial charge on any atom is -0.449 e. The zero-order valence-electron chi connectivity index (χ0n) is 13.8. The summed E-state index contributed by atoms with van der Waals surface area (Å²) >= 11 is 10.6. The molecule has 0 fully saturated rings. The number of hydrogen-bond acceptors (Lipinski definition) is 6. The summed E-state index contributed by atoms with van der Waals surface area (Å²) in [5, 5.41) is 8.96. The molecule has 0 saturated heterocycles. The normalized spacial score (nSPS) is 10.1. The molecule has 3 aromatic rings. The summed E-state index contributed by atoms with van der Waals surface area (Å²) in [6.07, 6.45) is 0. The number of esters is 1. The summed E-state index contributed by atoms with van der Waals surface area (Å²) in [7, 11) is 0. The minimum absolute atomic E-state index is 0.0209. The average molecular weight is 464 g/mol. The van der Waals surface area contributed by atoms with Crippen molar-refractivity contribution in [2.45, 2.75) is 5.22 Å². The zero-order valence-corrected chi connectivity index (χ0v) is 17.0. The lowest BCUT2D eigenvalue weighted by molar-refractivity contribution is 0.0556. The van der Waals surface area contributed by atoms with Gasteiger partial charge in [-0.2, -0.15) is 0 Å². The first kappa shape index (κ1) is 19.5. The van der Waals surface area contributed by atoms with E-state index < -0.39 is 5.97 Å². The first-order valence-corrected chi connectivity index (χ1v) is 9.88. The molecule has 27 heavy (non-hydrogen) atoms. The molecule has 0 radical (unpaired) electrons. The Morgan fingerprint density at radius 2 is 2.00 bits per heavy atom. The van der Waals surface area contributed by atoms with Crippen LogP contribution in [0.25, 0.3) is 11.5 Å². The van der Waals surface area contributed by atoms with Gasteiger partial charge in [0.15, 0.2) is 6.61 Å². The molecule has 0 N–H and O–H groups in total. The van der Waals surface area contributed by atoms with Gasteiger partial charge in [0.2, 0.25) is 5.89 Å². The van der Waals surface area contributed by atoms with Gasteiger partial charge in [0, 0.05) is 15.1 Å². The van der Waals surface area contributed by atoms with E-state index in [2.05, 4.69) is 38.0 Å². The zero-order chi connectivity index (χ0) is 19.1. The predicted octanol–water partition coefficient (Wildman–Crippen LogP) is 5.11. The van der Waals surface area contributed by atoms with Crippen LogP contribution in [0.3, 0.4) is 0 Å². The third-order valence-electron chi connectivity index (χ3n) is 3.23. The van der Waals surface area contributed by atoms with E-state index in [0.29, 0.717) is 27.5 Å². The minimum atomic E-state index is -0.410. The number of carbonyl (C=O) groups is 1. The third-order valence-corrected chi connectivity index (χ3v) is 4.69. The van der Waals surface area contributed by atoms with Gasteiger partial charge in [0.1, 0.15) is 0 Å². The number of aromatic nitrogens is 2. The van der Waals surface area contributed by atoms with E-state index >= 15 is 0 Å². The lowest BCUT2D eigenvalue weighted by Crippen LogP contribution is -2.04. The summed E-state index contributed by atoms with van der Waals surface area (Å²) in [6.45, 7) is 0.0209. The van der Waals surface area contributed by atoms with Crippen LogP contribution in [0.4, 0.5) is 0 Å². The van der Waals surface area contributed by atoms with Crippen LogP contribution in [0, 0.1) is 11.8 Å². The fourth-order valence-corrected chi connectivity index (χ4v) is 2.97. The summed E-state index contributed by atoms with van der Waals surface area (Å²) < 4.78 is 11.6. The van der Waals surface area contributed by atoms with Crippen LogP contribution in [0.5, 0.6) is 0 Å². The van der Waals surface area contributed by atoms with Crippen LogP contribution in [-0.4, -0.2) is 28.5 Å². The number of ether oxygens (including phenoxy) is 1. The van der Waals surface area contributed by atoms with Crippen LogP contribution in [-0.2, 0) is 4.74 Å². The third kappa shape index (κ3) is 5.86. The lowest BCUT2D eigenvalue weighted by atomic mass is 10.2. The van der Waals surface area contributed by atoms with Crippen molar-refractivity contribution in [2.75, 3.05) is 12.4 Å². The smallest absolute Gasteiger partial charge is 0.339 e. The van der Waals surface area contributed by atoms with Crippen LogP contribution in [0.1, 0.15) is 10.4 Å². The van der Waals surface area contributed by atoms with Gasteiger partial charge in [0.25, 0.3) is 5.22 Å². The number of halogens is 2. The number of benzene rings is 2. The van der Waals surface area contributed by atoms with Crippen molar-refractivity contribution in [2.24, 2.45) is 0 Å². The van der Waals surface area contributed by atoms with Crippen LogP contribution >= 0.6 is 39.3 Å². The first-order chi connectivity index (χ1) is 13.1. The molecule has 3 rings (SSSR count). The Morgan fingerprint density at radius 3 is 2.78 bits per heavy atom. The van der Waals surface area contributed by atoms with Crippen LogP contribution in [0.15, 0.2) is 62.6 Å². The van der Waals surface area contributed by atoms with E-state index in [9.17, 15) is 4.79 Å². The Hall–Kier alpha value is -2.27. The molecule has 136 valence electrons. The molecule has 1 aromatic heterocycles. The van der Waals surface area contributed by atoms with Crippen molar-refractivity contribution >= 4 is 45.3 Å². The molecule has 0 aliphatic carbocycles. The SMILES string of the molecule is O=C(OCC#CCSc1nnc(-c2cccc(Cl)c2)o1)c1ccc(Br)cc1. The maximum atomic E-state index is 11.8. The van der Waals surface area contributed by atoms with Gasteiger partial charge >= 0.3 is 5.97 Å². The van der Waals surface area contributed by atoms with Crippen molar-refractivity contribution in [3.8, 4) is 23.3 Å². The number of nitrogens with zero attached hydrogens (tertiary/aromatic N) is 2. The standard InChI is InChI=1S/C19H12BrClN2O3S/c20-15-8-6-13(7-9-15)18(24)25-10-1-2-11-27-19-23-22-17(26-19)14-4-3-5-16(21)12-14/h3-9,12H,10-11H2. The topological polar surface area (TPSA) is 65.2 Å². The van der Waals surface area contributed by atoms with Crippen molar-refractivity contribution in [1.82, 2.24) is 10.2 Å². The molecule has 5 nitrogen and oxygen atoms in total. The van der Waals surface area contributed by atoms with Crippen molar-refractivity contribution in [3.05, 3.63) is 63.6 Å². The van der Waals surface area contributed by atoms with Crippen molar-refractivity contribution in [3.63, 3.8) is 0 Å². The molecular weight excluding hydrogens is 452 g/mol. The highest BCUT2D eigenvalue weighted by atomic mass is 79.9. The predicted molar refractivity (Wildman–Crippen MR) is 108 cm³/mol. The lowest BCUT2D eigenvalue weighted by Gasteiger charge is -2.00. The fraction of sp³-hybridized carbons (Fsp3) is 0.105. The molecular formula is C19H12BrClN2O3S. The molecule has 0 bridgehead atoms. The van der Waals surface area contributed by atoms with Crippen molar-refractivity contribution < 1.29 is 13.9 Å². The molecule has 0 saturated carbocycles. The Kier molecular flexibility index (Phi) is 6.93. The molecule has 0 unspecified atom stereocenters. The second kappa shape index (κ2) is 9.60. The van der Waals surface area contributed by atoms with Gasteiger partial charge in [-0.15, -0.1) is 10.2 Å². The Bertz CT molecular complexity index is 996. The Labute approximate surface area is 173 Å². The molecule has 0 amide bonds. The van der Waals surface area contributed by atoms with Crippen molar-refractivity contribution in [1.29, 1.82) is 0 Å². The van der Waals surface area contributed by atoms with Gasteiger partial charge < -0.3 is 9.15 Å². The second-order valence-corrected chi connectivity index (χ2v) is 7.39. The highest BCUT2D eigenvalue weighted by Crippen LogP contribution is 2.24. The quantitative estimate of drug-likeness (QED) is 0.298. The maximum absolute atomic E-state index is 11.8. The number of hydrogen-bond donors (Lipinski definition) is 0. The maximum Gasteiger partial charge on any atom is 0.339 e. The molecule has 0 atom stereocenters. The molecule has 0 aliphatic heterocycles. The molecule has 8 heteroatoms. The van der Waals surface area contributed by atoms with Gasteiger partial charge in [-0.1, -0.05) is 57.2 Å². The monoisotopic (exact) mass is 462 g/mol. The number of rotatable bonds is 5. The molecule has 1 heterocycles. The van der Waals surface area contributed by atoms with Gasteiger partial charge in [-0.05, 0) is 42.5 Å². The highest BCUT2D eigenvalue weighted by molar-refractivity contribution is 9.10. The van der Waals surface area contributed by atoms with Crippen LogP contribution < -0.4 is 0 Å². The van der Waals surface area contributed by atoms with Gasteiger partial charge in [-0.25, -0.2) is 4.79 Å². The summed E-state index contributed by atoms with van der Waals surface area (Å²) in [5.41, 5.74) is 1.24. The summed E-state index contributed by atoms with van der Waals surface area (Å²) in [5.74, 6) is 6.10. The van der Waals surface area contributed by atoms with E-state index in [0.717, 1.165) is 10.0 Å². The van der Waals surface area contributed by atoms with E-state index in [1.807, 2.05) is 12.1 Å². The molecule has 0 spiro atoms. The highest BCUT2D eigenvalue weighted by Gasteiger charge is 2.09. The Morgan fingerprint density at radius 1 is 1.19 bits per heavy atom. The first-order valence-electron chi connectivity index (χ1n) is 7.72. The van der Waals surface area contributed by atoms with E-state index in [-0.39, 0.29) is 6.61 Å². The fourth-order valence-electron chi connectivity index (χ4n) is 1.98. The van der Waals surface area contributed by atoms with Crippen LogP contribution in [0.2, 0.25) is 5.02 Å². The van der Waals surface area contributed by atoms with E-state index in [4.69, 9.17) is 20.8 Å². The van der Waals surface area contributed by atoms with Gasteiger partial charge in [0.05, 0.1) is 11.3 Å².